The van der Waals surface area contributed by atoms with Gasteiger partial charge in [-0.05, 0) is 38.5 Å². The Labute approximate surface area is 145 Å². The zero-order chi connectivity index (χ0) is 18.0. The maximum Gasteiger partial charge on any atom is 0.268 e. The van der Waals surface area contributed by atoms with Gasteiger partial charge in [0, 0.05) is 29.6 Å². The van der Waals surface area contributed by atoms with Crippen LogP contribution in [0, 0.1) is 13.8 Å². The first-order valence-corrected chi connectivity index (χ1v) is 8.04. The van der Waals surface area contributed by atoms with Crippen molar-refractivity contribution in [2.45, 2.75) is 27.3 Å². The highest BCUT2D eigenvalue weighted by Crippen LogP contribution is 2.18. The van der Waals surface area contributed by atoms with Crippen molar-refractivity contribution < 1.29 is 9.59 Å². The maximum absolute atomic E-state index is 12.4. The van der Waals surface area contributed by atoms with E-state index in [2.05, 4.69) is 15.4 Å². The summed E-state index contributed by atoms with van der Waals surface area (Å²) in [6, 6.07) is 9.76. The van der Waals surface area contributed by atoms with Crippen molar-refractivity contribution >= 4 is 11.7 Å². The Morgan fingerprint density at radius 2 is 1.92 bits per heavy atom. The van der Waals surface area contributed by atoms with E-state index < -0.39 is 0 Å². The van der Waals surface area contributed by atoms with Crippen LogP contribution in [0.5, 0.6) is 0 Å². The van der Waals surface area contributed by atoms with Crippen molar-refractivity contribution in [3.63, 3.8) is 0 Å². The second-order valence-electron chi connectivity index (χ2n) is 5.99. The molecule has 0 fully saturated rings. The van der Waals surface area contributed by atoms with Crippen molar-refractivity contribution in [1.82, 2.24) is 20.1 Å². The van der Waals surface area contributed by atoms with Crippen LogP contribution < -0.4 is 5.32 Å². The lowest BCUT2D eigenvalue weighted by molar-refractivity contribution is 0.0945. The van der Waals surface area contributed by atoms with E-state index in [1.165, 1.54) is 6.92 Å². The highest BCUT2D eigenvalue weighted by molar-refractivity contribution is 6.02. The van der Waals surface area contributed by atoms with E-state index in [-0.39, 0.29) is 11.7 Å². The normalized spacial score (nSPS) is 10.7. The van der Waals surface area contributed by atoms with E-state index in [1.807, 2.05) is 36.5 Å². The molecule has 25 heavy (non-hydrogen) atoms. The third kappa shape index (κ3) is 3.38. The number of carbonyl (C=O) groups excluding carboxylic acids is 2. The van der Waals surface area contributed by atoms with Gasteiger partial charge in [-0.15, -0.1) is 0 Å². The fraction of sp³-hybridized carbons (Fsp3) is 0.211. The molecule has 0 atom stereocenters. The van der Waals surface area contributed by atoms with Crippen LogP contribution >= 0.6 is 0 Å². The molecule has 0 aliphatic rings. The molecule has 3 rings (SSSR count). The molecule has 1 aromatic carbocycles. The van der Waals surface area contributed by atoms with Crippen molar-refractivity contribution in [3.05, 3.63) is 70.8 Å². The quantitative estimate of drug-likeness (QED) is 0.703. The number of aromatic amines is 1. The van der Waals surface area contributed by atoms with Gasteiger partial charge < -0.3 is 10.3 Å². The Bertz CT molecular complexity index is 922. The number of H-pyrrole nitrogens is 1. The average molecular weight is 336 g/mol. The maximum atomic E-state index is 12.4. The summed E-state index contributed by atoms with van der Waals surface area (Å²) < 4.78 is 1.76. The lowest BCUT2D eigenvalue weighted by atomic mass is 10.1. The highest BCUT2D eigenvalue weighted by atomic mass is 16.2. The van der Waals surface area contributed by atoms with Gasteiger partial charge in [-0.3, -0.25) is 9.59 Å². The van der Waals surface area contributed by atoms with Crippen LogP contribution in [0.3, 0.4) is 0 Å². The monoisotopic (exact) mass is 336 g/mol. The van der Waals surface area contributed by atoms with Crippen molar-refractivity contribution in [3.8, 4) is 5.69 Å². The molecule has 2 aromatic heterocycles. The fourth-order valence-corrected chi connectivity index (χ4v) is 2.95. The summed E-state index contributed by atoms with van der Waals surface area (Å²) in [7, 11) is 0. The number of Topliss-reactive ketones (excluding diaryl/α,β-unsaturated/α-hetero) is 1. The number of benzene rings is 1. The molecule has 6 nitrogen and oxygen atoms in total. The number of ketones is 1. The van der Waals surface area contributed by atoms with E-state index in [0.717, 1.165) is 11.3 Å². The molecule has 0 aliphatic heterocycles. The molecule has 3 aromatic rings. The molecular formula is C19H20N4O2. The van der Waals surface area contributed by atoms with Crippen LogP contribution in [0.2, 0.25) is 0 Å². The number of aromatic nitrogens is 3. The number of aryl methyl sites for hydroxylation is 1. The minimum Gasteiger partial charge on any atom is -0.354 e. The van der Waals surface area contributed by atoms with Gasteiger partial charge >= 0.3 is 0 Å². The van der Waals surface area contributed by atoms with Crippen molar-refractivity contribution in [2.24, 2.45) is 0 Å². The van der Waals surface area contributed by atoms with Crippen molar-refractivity contribution in [1.29, 1.82) is 0 Å². The van der Waals surface area contributed by atoms with Gasteiger partial charge in [0.05, 0.1) is 11.9 Å². The van der Waals surface area contributed by atoms with Gasteiger partial charge in [0.25, 0.3) is 5.91 Å². The number of nitrogens with zero attached hydrogens (tertiary/aromatic N) is 2. The van der Waals surface area contributed by atoms with Gasteiger partial charge in [0.1, 0.15) is 5.69 Å². The number of hydrogen-bond acceptors (Lipinski definition) is 3. The molecule has 2 heterocycles. The highest BCUT2D eigenvalue weighted by Gasteiger charge is 2.19. The molecular weight excluding hydrogens is 316 g/mol. The number of hydrogen-bond donors (Lipinski definition) is 2. The molecule has 0 unspecified atom stereocenters. The predicted molar refractivity (Wildman–Crippen MR) is 95.0 cm³/mol. The van der Waals surface area contributed by atoms with Crippen LogP contribution in [0.1, 0.15) is 44.6 Å². The summed E-state index contributed by atoms with van der Waals surface area (Å²) in [5, 5.41) is 7.17. The first kappa shape index (κ1) is 16.7. The third-order valence-electron chi connectivity index (χ3n) is 4.13. The molecule has 2 N–H and O–H groups in total. The minimum absolute atomic E-state index is 0.0468. The number of rotatable bonds is 5. The largest absolute Gasteiger partial charge is 0.354 e. The number of amides is 1. The Hall–Kier alpha value is -3.15. The van der Waals surface area contributed by atoms with E-state index in [1.54, 1.807) is 24.7 Å². The molecule has 0 radical (unpaired) electrons. The number of carbonyl (C=O) groups is 2. The van der Waals surface area contributed by atoms with Gasteiger partial charge in [-0.2, -0.15) is 5.10 Å². The molecule has 1 amide bonds. The summed E-state index contributed by atoms with van der Waals surface area (Å²) in [4.78, 5) is 27.1. The standard InChI is InChI=1S/C19H20N4O2/c1-12-17(14(3)24)13(2)22-18(12)19(25)20-9-15-10-21-23(11-15)16-7-5-4-6-8-16/h4-8,10-11,22H,9H2,1-3H3,(H,20,25). The molecule has 128 valence electrons. The molecule has 0 saturated carbocycles. The van der Waals surface area contributed by atoms with Gasteiger partial charge in [0.2, 0.25) is 0 Å². The van der Waals surface area contributed by atoms with E-state index in [4.69, 9.17) is 0 Å². The van der Waals surface area contributed by atoms with Crippen molar-refractivity contribution in [2.75, 3.05) is 0 Å². The van der Waals surface area contributed by atoms with Crippen LogP contribution in [0.15, 0.2) is 42.7 Å². The Morgan fingerprint density at radius 1 is 1.20 bits per heavy atom. The van der Waals surface area contributed by atoms with Crippen LogP contribution in [-0.4, -0.2) is 26.5 Å². The van der Waals surface area contributed by atoms with E-state index >= 15 is 0 Å². The first-order valence-electron chi connectivity index (χ1n) is 8.04. The molecule has 6 heteroatoms. The van der Waals surface area contributed by atoms with E-state index in [0.29, 0.717) is 29.1 Å². The fourth-order valence-electron chi connectivity index (χ4n) is 2.95. The molecule has 0 aliphatic carbocycles. The average Bonchev–Trinajstić information content (AvgIpc) is 3.18. The van der Waals surface area contributed by atoms with Crippen LogP contribution in [-0.2, 0) is 6.54 Å². The predicted octanol–water partition coefficient (Wildman–Crippen LogP) is 2.95. The van der Waals surface area contributed by atoms with Gasteiger partial charge in [-0.1, -0.05) is 18.2 Å². The summed E-state index contributed by atoms with van der Waals surface area (Å²) in [6.07, 6.45) is 3.60. The summed E-state index contributed by atoms with van der Waals surface area (Å²) in [5.74, 6) is -0.282. The zero-order valence-corrected chi connectivity index (χ0v) is 14.5. The summed E-state index contributed by atoms with van der Waals surface area (Å²) in [6.45, 7) is 5.44. The minimum atomic E-state index is -0.236. The second-order valence-corrected chi connectivity index (χ2v) is 5.99. The first-order chi connectivity index (χ1) is 12.0. The number of para-hydroxylation sites is 1. The summed E-state index contributed by atoms with van der Waals surface area (Å²) >= 11 is 0. The Balaban J connectivity index is 1.70. The third-order valence-corrected chi connectivity index (χ3v) is 4.13. The Kier molecular flexibility index (Phi) is 4.52. The lowest BCUT2D eigenvalue weighted by Gasteiger charge is -2.03. The van der Waals surface area contributed by atoms with Crippen LogP contribution in [0.4, 0.5) is 0 Å². The topological polar surface area (TPSA) is 79.8 Å². The second kappa shape index (κ2) is 6.76. The van der Waals surface area contributed by atoms with Crippen LogP contribution in [0.25, 0.3) is 5.69 Å². The Morgan fingerprint density at radius 3 is 2.56 bits per heavy atom. The van der Waals surface area contributed by atoms with Gasteiger partial charge in [0.15, 0.2) is 5.78 Å². The number of nitrogens with one attached hydrogen (secondary N) is 2. The summed E-state index contributed by atoms with van der Waals surface area (Å²) in [5.41, 5.74) is 4.27. The molecule has 0 spiro atoms. The molecule has 0 bridgehead atoms. The molecule has 0 saturated heterocycles. The zero-order valence-electron chi connectivity index (χ0n) is 14.5. The van der Waals surface area contributed by atoms with E-state index in [9.17, 15) is 9.59 Å². The van der Waals surface area contributed by atoms with Gasteiger partial charge in [-0.25, -0.2) is 4.68 Å². The lowest BCUT2D eigenvalue weighted by Crippen LogP contribution is -2.23. The SMILES string of the molecule is CC(=O)c1c(C)[nH]c(C(=O)NCc2cnn(-c3ccccc3)c2)c1C. The smallest absolute Gasteiger partial charge is 0.268 e.